The molecule has 0 bridgehead atoms. The summed E-state index contributed by atoms with van der Waals surface area (Å²) >= 11 is 0. The maximum Gasteiger partial charge on any atom is 0.416 e. The van der Waals surface area contributed by atoms with Crippen LogP contribution in [-0.2, 0) is 12.6 Å². The van der Waals surface area contributed by atoms with Crippen molar-refractivity contribution >= 4 is 0 Å². The molecule has 1 radical (unpaired) electrons. The van der Waals surface area contributed by atoms with E-state index in [9.17, 15) is 17.6 Å². The zero-order chi connectivity index (χ0) is 25.7. The molecule has 2 aromatic rings. The van der Waals surface area contributed by atoms with Crippen molar-refractivity contribution < 1.29 is 26.7 Å². The van der Waals surface area contributed by atoms with Gasteiger partial charge in [-0.25, -0.2) is 8.78 Å². The first kappa shape index (κ1) is 26.9. The van der Waals surface area contributed by atoms with E-state index in [4.69, 9.17) is 4.74 Å². The molecule has 1 nitrogen and oxygen atoms in total. The summed E-state index contributed by atoms with van der Waals surface area (Å²) in [5, 5.41) is 0. The SMILES string of the molecule is CCC[C@H]1CC[C@H](C2CCC(CCc3c(F)c[c]c(Oc4ccc(C(F)(F)F)cc4)c3F)CC2)CC1. The summed E-state index contributed by atoms with van der Waals surface area (Å²) in [6, 6.07) is 7.45. The van der Waals surface area contributed by atoms with Gasteiger partial charge in [-0.15, -0.1) is 0 Å². The van der Waals surface area contributed by atoms with Gasteiger partial charge < -0.3 is 4.74 Å². The predicted molar refractivity (Wildman–Crippen MR) is 131 cm³/mol. The van der Waals surface area contributed by atoms with E-state index in [0.29, 0.717) is 12.3 Å². The Bertz CT molecular complexity index is 968. The van der Waals surface area contributed by atoms with Crippen molar-refractivity contribution in [1.82, 2.24) is 0 Å². The highest BCUT2D eigenvalue weighted by atomic mass is 19.4. The Balaban J connectivity index is 1.29. The summed E-state index contributed by atoms with van der Waals surface area (Å²) in [5.74, 6) is 1.28. The monoisotopic (exact) mass is 507 g/mol. The fraction of sp³-hybridized carbons (Fsp3) is 0.600. The van der Waals surface area contributed by atoms with Gasteiger partial charge >= 0.3 is 6.18 Å². The van der Waals surface area contributed by atoms with Gasteiger partial charge in [-0.3, -0.25) is 0 Å². The summed E-state index contributed by atoms with van der Waals surface area (Å²) in [5.41, 5.74) is -0.856. The molecule has 0 aliphatic heterocycles. The van der Waals surface area contributed by atoms with Crippen LogP contribution >= 0.6 is 0 Å². The van der Waals surface area contributed by atoms with Crippen LogP contribution in [0, 0.1) is 41.4 Å². The van der Waals surface area contributed by atoms with Gasteiger partial charge in [0, 0.05) is 11.6 Å². The van der Waals surface area contributed by atoms with E-state index in [1.54, 1.807) is 0 Å². The molecule has 2 fully saturated rings. The molecule has 197 valence electrons. The molecule has 0 atom stereocenters. The van der Waals surface area contributed by atoms with Crippen molar-refractivity contribution in [3.8, 4) is 11.5 Å². The van der Waals surface area contributed by atoms with Crippen LogP contribution in [0.3, 0.4) is 0 Å². The lowest BCUT2D eigenvalue weighted by atomic mass is 9.68. The average Bonchev–Trinajstić information content (AvgIpc) is 2.87. The Labute approximate surface area is 211 Å². The molecule has 2 aliphatic carbocycles. The van der Waals surface area contributed by atoms with Gasteiger partial charge in [0.1, 0.15) is 11.6 Å². The fourth-order valence-corrected chi connectivity index (χ4v) is 6.31. The highest BCUT2D eigenvalue weighted by molar-refractivity contribution is 5.37. The standard InChI is InChI=1S/C30H36F5O/c1-2-3-20-4-9-22(10-5-20)23-11-6-21(7-12-23)8-17-26-27(31)18-19-28(29(26)32)36-25-15-13-24(14-16-25)30(33,34)35/h13-16,18,20-23H,2-12,17H2,1H3/t20-,21?,22-,23?. The van der Waals surface area contributed by atoms with Gasteiger partial charge in [0.2, 0.25) is 0 Å². The Morgan fingerprint density at radius 3 is 1.92 bits per heavy atom. The van der Waals surface area contributed by atoms with Crippen molar-refractivity contribution in [2.24, 2.45) is 23.7 Å². The van der Waals surface area contributed by atoms with E-state index in [1.165, 1.54) is 51.4 Å². The van der Waals surface area contributed by atoms with Crippen molar-refractivity contribution in [2.45, 2.75) is 90.1 Å². The molecular formula is C30H36F5O. The third-order valence-electron chi connectivity index (χ3n) is 8.43. The lowest BCUT2D eigenvalue weighted by molar-refractivity contribution is -0.137. The van der Waals surface area contributed by atoms with Crippen LogP contribution in [-0.4, -0.2) is 0 Å². The second-order valence-corrected chi connectivity index (χ2v) is 10.8. The van der Waals surface area contributed by atoms with Crippen LogP contribution in [0.4, 0.5) is 22.0 Å². The largest absolute Gasteiger partial charge is 0.454 e. The van der Waals surface area contributed by atoms with Crippen molar-refractivity contribution in [3.05, 3.63) is 59.2 Å². The van der Waals surface area contributed by atoms with Crippen LogP contribution in [0.1, 0.15) is 88.7 Å². The second-order valence-electron chi connectivity index (χ2n) is 10.8. The maximum atomic E-state index is 15.1. The first-order valence-corrected chi connectivity index (χ1v) is 13.5. The van der Waals surface area contributed by atoms with E-state index >= 15 is 4.39 Å². The van der Waals surface area contributed by atoms with Crippen LogP contribution in [0.5, 0.6) is 11.5 Å². The molecule has 36 heavy (non-hydrogen) atoms. The Hall–Kier alpha value is -2.11. The highest BCUT2D eigenvalue weighted by Gasteiger charge is 2.31. The number of ether oxygens (including phenoxy) is 1. The quantitative estimate of drug-likeness (QED) is 0.323. The first-order chi connectivity index (χ1) is 17.2. The van der Waals surface area contributed by atoms with Gasteiger partial charge in [0.25, 0.3) is 0 Å². The molecule has 2 saturated carbocycles. The number of alkyl halides is 3. The maximum absolute atomic E-state index is 15.1. The van der Waals surface area contributed by atoms with E-state index in [2.05, 4.69) is 13.0 Å². The molecule has 0 heterocycles. The van der Waals surface area contributed by atoms with Crippen molar-refractivity contribution in [2.75, 3.05) is 0 Å². The Morgan fingerprint density at radius 1 is 0.833 bits per heavy atom. The minimum atomic E-state index is -4.47. The van der Waals surface area contributed by atoms with Crippen molar-refractivity contribution in [1.29, 1.82) is 0 Å². The van der Waals surface area contributed by atoms with Crippen LogP contribution in [0.25, 0.3) is 0 Å². The molecule has 2 aromatic carbocycles. The van der Waals surface area contributed by atoms with Gasteiger partial charge in [-0.2, -0.15) is 13.2 Å². The summed E-state index contributed by atoms with van der Waals surface area (Å²) in [6.45, 7) is 2.27. The lowest BCUT2D eigenvalue weighted by Gasteiger charge is -2.38. The first-order valence-electron chi connectivity index (χ1n) is 13.5. The fourth-order valence-electron chi connectivity index (χ4n) is 6.31. The summed E-state index contributed by atoms with van der Waals surface area (Å²) in [7, 11) is 0. The summed E-state index contributed by atoms with van der Waals surface area (Å²) in [4.78, 5) is 0. The average molecular weight is 508 g/mol. The number of hydrogen-bond donors (Lipinski definition) is 0. The molecule has 0 spiro atoms. The van der Waals surface area contributed by atoms with Gasteiger partial charge in [0.05, 0.1) is 5.56 Å². The molecule has 0 amide bonds. The molecule has 0 aromatic heterocycles. The summed E-state index contributed by atoms with van der Waals surface area (Å²) in [6.07, 6.45) is 9.27. The molecule has 0 saturated heterocycles. The molecule has 6 heteroatoms. The second kappa shape index (κ2) is 12.0. The molecular weight excluding hydrogens is 471 g/mol. The zero-order valence-electron chi connectivity index (χ0n) is 21.0. The van der Waals surface area contributed by atoms with Gasteiger partial charge in [-0.05, 0) is 92.5 Å². The van der Waals surface area contributed by atoms with Crippen LogP contribution in [0.2, 0.25) is 0 Å². The highest BCUT2D eigenvalue weighted by Crippen LogP contribution is 2.43. The minimum absolute atomic E-state index is 0.0352. The predicted octanol–water partition coefficient (Wildman–Crippen LogP) is 9.92. The number of benzene rings is 2. The van der Waals surface area contributed by atoms with E-state index in [1.807, 2.05) is 0 Å². The number of rotatable bonds is 8. The summed E-state index contributed by atoms with van der Waals surface area (Å²) < 4.78 is 73.2. The van der Waals surface area contributed by atoms with Crippen molar-refractivity contribution in [3.63, 3.8) is 0 Å². The normalized spacial score (nSPS) is 25.1. The molecule has 0 N–H and O–H groups in total. The third kappa shape index (κ3) is 6.80. The van der Waals surface area contributed by atoms with E-state index < -0.39 is 23.4 Å². The zero-order valence-corrected chi connectivity index (χ0v) is 21.0. The third-order valence-corrected chi connectivity index (χ3v) is 8.43. The lowest BCUT2D eigenvalue weighted by Crippen LogP contribution is -2.26. The van der Waals surface area contributed by atoms with Crippen LogP contribution < -0.4 is 4.74 Å². The number of halogens is 5. The Kier molecular flexibility index (Phi) is 8.95. The van der Waals surface area contributed by atoms with E-state index in [-0.39, 0.29) is 23.5 Å². The van der Waals surface area contributed by atoms with Gasteiger partial charge in [0.15, 0.2) is 11.6 Å². The van der Waals surface area contributed by atoms with E-state index in [0.717, 1.165) is 60.9 Å². The minimum Gasteiger partial charge on any atom is -0.454 e. The van der Waals surface area contributed by atoms with Crippen LogP contribution in [0.15, 0.2) is 30.3 Å². The smallest absolute Gasteiger partial charge is 0.416 e. The Morgan fingerprint density at radius 2 is 1.39 bits per heavy atom. The molecule has 0 unspecified atom stereocenters. The topological polar surface area (TPSA) is 9.23 Å². The molecule has 2 aliphatic rings. The van der Waals surface area contributed by atoms with Gasteiger partial charge in [-0.1, -0.05) is 45.4 Å². The molecule has 4 rings (SSSR count). The number of hydrogen-bond acceptors (Lipinski definition) is 1.